The van der Waals surface area contributed by atoms with Crippen molar-refractivity contribution in [2.24, 2.45) is 0 Å². The van der Waals surface area contributed by atoms with Crippen molar-refractivity contribution < 1.29 is 17.9 Å². The Kier molecular flexibility index (Phi) is 6.80. The molecule has 0 aromatic heterocycles. The van der Waals surface area contributed by atoms with Gasteiger partial charge >= 0.3 is 0 Å². The van der Waals surface area contributed by atoms with Gasteiger partial charge < -0.3 is 9.64 Å². The fourth-order valence-electron chi connectivity index (χ4n) is 2.86. The van der Waals surface area contributed by atoms with Gasteiger partial charge in [0.05, 0.1) is 16.7 Å². The van der Waals surface area contributed by atoms with Crippen LogP contribution in [0.15, 0.2) is 51.8 Å². The first-order valence-corrected chi connectivity index (χ1v) is 11.3. The van der Waals surface area contributed by atoms with E-state index in [0.717, 1.165) is 0 Å². The second-order valence-corrected chi connectivity index (χ2v) is 9.51. The van der Waals surface area contributed by atoms with Crippen molar-refractivity contribution in [2.75, 3.05) is 32.8 Å². The summed E-state index contributed by atoms with van der Waals surface area (Å²) in [6, 6.07) is 13.1. The van der Waals surface area contributed by atoms with Gasteiger partial charge in [0.2, 0.25) is 10.0 Å². The highest BCUT2D eigenvalue weighted by atomic mass is 79.9. The zero-order valence-corrected chi connectivity index (χ0v) is 18.4. The average Bonchev–Trinajstić information content (AvgIpc) is 2.72. The summed E-state index contributed by atoms with van der Waals surface area (Å²) in [4.78, 5) is 14.0. The van der Waals surface area contributed by atoms with E-state index in [1.54, 1.807) is 35.2 Å². The molecule has 1 fully saturated rings. The van der Waals surface area contributed by atoms with Crippen LogP contribution in [0.5, 0.6) is 5.75 Å². The summed E-state index contributed by atoms with van der Waals surface area (Å²) >= 11 is 9.35. The highest BCUT2D eigenvalue weighted by Gasteiger charge is 2.31. The predicted molar refractivity (Wildman–Crippen MR) is 111 cm³/mol. The predicted octanol–water partition coefficient (Wildman–Crippen LogP) is 2.89. The van der Waals surface area contributed by atoms with E-state index >= 15 is 0 Å². The van der Waals surface area contributed by atoms with Crippen LogP contribution < -0.4 is 4.74 Å². The molecule has 152 valence electrons. The summed E-state index contributed by atoms with van der Waals surface area (Å²) in [5.74, 6) is 0.261. The maximum absolute atomic E-state index is 12.8. The number of ether oxygens (including phenoxy) is 1. The lowest BCUT2D eigenvalue weighted by Gasteiger charge is -2.34. The quantitative estimate of drug-likeness (QED) is 0.632. The van der Waals surface area contributed by atoms with E-state index in [1.807, 2.05) is 6.07 Å². The summed E-state index contributed by atoms with van der Waals surface area (Å²) in [6.45, 7) is 0.734. The molecule has 0 atom stereocenters. The summed E-state index contributed by atoms with van der Waals surface area (Å²) in [5.41, 5.74) is 0.506. The van der Waals surface area contributed by atoms with Gasteiger partial charge in [-0.2, -0.15) is 9.57 Å². The van der Waals surface area contributed by atoms with E-state index in [1.165, 1.54) is 16.4 Å². The van der Waals surface area contributed by atoms with Gasteiger partial charge in [0.15, 0.2) is 6.61 Å². The van der Waals surface area contributed by atoms with Gasteiger partial charge in [0.1, 0.15) is 10.6 Å². The largest absolute Gasteiger partial charge is 0.484 e. The Balaban J connectivity index is 1.56. The van der Waals surface area contributed by atoms with Gasteiger partial charge in [-0.25, -0.2) is 8.42 Å². The Labute approximate surface area is 182 Å². The monoisotopic (exact) mass is 497 g/mol. The fraction of sp³-hybridized carbons (Fsp3) is 0.263. The van der Waals surface area contributed by atoms with Crippen molar-refractivity contribution in [1.29, 1.82) is 5.26 Å². The van der Waals surface area contributed by atoms with E-state index in [0.29, 0.717) is 15.8 Å². The lowest BCUT2D eigenvalue weighted by molar-refractivity contribution is -0.134. The highest BCUT2D eigenvalue weighted by molar-refractivity contribution is 9.10. The molecule has 29 heavy (non-hydrogen) atoms. The third-order valence-corrected chi connectivity index (χ3v) is 7.32. The number of nitrogens with zero attached hydrogens (tertiary/aromatic N) is 3. The van der Waals surface area contributed by atoms with Gasteiger partial charge in [-0.3, -0.25) is 4.79 Å². The van der Waals surface area contributed by atoms with Crippen LogP contribution in [0.1, 0.15) is 5.56 Å². The number of hydrogen-bond acceptors (Lipinski definition) is 5. The molecule has 2 aromatic rings. The number of piperazine rings is 1. The molecule has 0 bridgehead atoms. The molecule has 0 N–H and O–H groups in total. The third-order valence-electron chi connectivity index (χ3n) is 4.45. The van der Waals surface area contributed by atoms with Crippen LogP contribution >= 0.6 is 27.5 Å². The molecule has 7 nitrogen and oxygen atoms in total. The van der Waals surface area contributed by atoms with E-state index in [-0.39, 0.29) is 48.6 Å². The van der Waals surface area contributed by atoms with Crippen molar-refractivity contribution in [2.45, 2.75) is 4.90 Å². The summed E-state index contributed by atoms with van der Waals surface area (Å²) < 4.78 is 33.1. The van der Waals surface area contributed by atoms with Crippen LogP contribution in [0.3, 0.4) is 0 Å². The van der Waals surface area contributed by atoms with Gasteiger partial charge in [-0.15, -0.1) is 0 Å². The Morgan fingerprint density at radius 3 is 2.38 bits per heavy atom. The summed E-state index contributed by atoms with van der Waals surface area (Å²) in [5, 5.41) is 8.93. The number of rotatable bonds is 5. The molecule has 0 unspecified atom stereocenters. The van der Waals surface area contributed by atoms with Crippen LogP contribution in [0.2, 0.25) is 5.02 Å². The Morgan fingerprint density at radius 2 is 1.79 bits per heavy atom. The fourth-order valence-corrected chi connectivity index (χ4v) is 5.30. The standard InChI is InChI=1S/C19H17BrClN3O4S/c20-15-3-6-18(17(21)11-15)29(26,27)24-9-7-23(8-10-24)19(25)13-28-16-4-1-14(12-22)2-5-16/h1-6,11H,7-10,13H2. The molecule has 0 spiro atoms. The van der Waals surface area contributed by atoms with Gasteiger partial charge in [-0.1, -0.05) is 27.5 Å². The molecule has 1 saturated heterocycles. The van der Waals surface area contributed by atoms with Gasteiger partial charge in [0, 0.05) is 30.7 Å². The van der Waals surface area contributed by atoms with E-state index in [9.17, 15) is 13.2 Å². The minimum absolute atomic E-state index is 0.0475. The van der Waals surface area contributed by atoms with Crippen molar-refractivity contribution in [3.8, 4) is 11.8 Å². The first-order chi connectivity index (χ1) is 13.8. The van der Waals surface area contributed by atoms with E-state index < -0.39 is 10.0 Å². The Bertz CT molecular complexity index is 1050. The molecule has 2 aromatic carbocycles. The zero-order chi connectivity index (χ0) is 21.0. The molecule has 0 saturated carbocycles. The molecular weight excluding hydrogens is 482 g/mol. The van der Waals surface area contributed by atoms with Crippen molar-refractivity contribution in [1.82, 2.24) is 9.21 Å². The van der Waals surface area contributed by atoms with Crippen molar-refractivity contribution in [3.05, 3.63) is 57.5 Å². The lowest BCUT2D eigenvalue weighted by Crippen LogP contribution is -2.51. The number of carbonyl (C=O) groups excluding carboxylic acids is 1. The average molecular weight is 499 g/mol. The van der Waals surface area contributed by atoms with Crippen LogP contribution in [0, 0.1) is 11.3 Å². The number of halogens is 2. The number of hydrogen-bond donors (Lipinski definition) is 0. The lowest BCUT2D eigenvalue weighted by atomic mass is 10.2. The topological polar surface area (TPSA) is 90.7 Å². The van der Waals surface area contributed by atoms with Gasteiger partial charge in [0.25, 0.3) is 5.91 Å². The van der Waals surface area contributed by atoms with Crippen LogP contribution in [-0.4, -0.2) is 56.3 Å². The second-order valence-electron chi connectivity index (χ2n) is 6.28. The maximum atomic E-state index is 12.8. The number of nitriles is 1. The van der Waals surface area contributed by atoms with Crippen molar-refractivity contribution >= 4 is 43.5 Å². The van der Waals surface area contributed by atoms with E-state index in [2.05, 4.69) is 15.9 Å². The van der Waals surface area contributed by atoms with Crippen LogP contribution in [-0.2, 0) is 14.8 Å². The Morgan fingerprint density at radius 1 is 1.14 bits per heavy atom. The van der Waals surface area contributed by atoms with Crippen LogP contribution in [0.25, 0.3) is 0 Å². The molecule has 1 amide bonds. The SMILES string of the molecule is N#Cc1ccc(OCC(=O)N2CCN(S(=O)(=O)c3ccc(Br)cc3Cl)CC2)cc1. The number of sulfonamides is 1. The zero-order valence-electron chi connectivity index (χ0n) is 15.2. The summed E-state index contributed by atoms with van der Waals surface area (Å²) in [6.07, 6.45) is 0. The smallest absolute Gasteiger partial charge is 0.260 e. The molecule has 1 heterocycles. The highest BCUT2D eigenvalue weighted by Crippen LogP contribution is 2.28. The van der Waals surface area contributed by atoms with E-state index in [4.69, 9.17) is 21.6 Å². The number of benzene rings is 2. The van der Waals surface area contributed by atoms with Gasteiger partial charge in [-0.05, 0) is 42.5 Å². The third kappa shape index (κ3) is 5.08. The number of amides is 1. The molecular formula is C19H17BrClN3O4S. The minimum Gasteiger partial charge on any atom is -0.484 e. The second kappa shape index (κ2) is 9.13. The molecule has 1 aliphatic rings. The number of carbonyl (C=O) groups is 1. The Hall–Kier alpha value is -2.12. The first kappa shape index (κ1) is 21.6. The van der Waals surface area contributed by atoms with Crippen molar-refractivity contribution in [3.63, 3.8) is 0 Å². The maximum Gasteiger partial charge on any atom is 0.260 e. The molecule has 0 radical (unpaired) electrons. The molecule has 1 aliphatic heterocycles. The normalized spacial score (nSPS) is 15.0. The molecule has 0 aliphatic carbocycles. The minimum atomic E-state index is -3.74. The first-order valence-electron chi connectivity index (χ1n) is 8.67. The van der Waals surface area contributed by atoms with Crippen LogP contribution in [0.4, 0.5) is 0 Å². The summed E-state index contributed by atoms with van der Waals surface area (Å²) in [7, 11) is -3.74. The molecule has 10 heteroatoms. The molecule has 3 rings (SSSR count).